The Morgan fingerprint density at radius 1 is 1.16 bits per heavy atom. The number of rotatable bonds is 6. The molecule has 3 aromatic rings. The minimum absolute atomic E-state index is 0.123. The molecule has 1 saturated carbocycles. The van der Waals surface area contributed by atoms with Gasteiger partial charge in [0.05, 0.1) is 17.9 Å². The van der Waals surface area contributed by atoms with Crippen LogP contribution in [0.15, 0.2) is 82.8 Å². The van der Waals surface area contributed by atoms with Gasteiger partial charge in [-0.2, -0.15) is 10.1 Å². The van der Waals surface area contributed by atoms with Gasteiger partial charge in [0, 0.05) is 21.9 Å². The first-order chi connectivity index (χ1) is 15.7. The highest BCUT2D eigenvalue weighted by Crippen LogP contribution is 2.32. The molecule has 0 spiro atoms. The molecular weight excluding hydrogens is 422 g/mol. The lowest BCUT2D eigenvalue weighted by molar-refractivity contribution is -0.117. The fourth-order valence-electron chi connectivity index (χ4n) is 3.71. The molecule has 1 amide bonds. The maximum Gasteiger partial charge on any atom is 0.285 e. The fourth-order valence-corrected chi connectivity index (χ4v) is 4.57. The molecule has 3 heterocycles. The standard InChI is InChI=1S/C23H21N7OS/c31-23(15-5-6-15)25-16-7-9-17(10-8-16)32-29-13-20-24-11-12-30(20)21(14-29)26-22-18-3-1-2-4-19(18)27-28-22/h1-4,7-12,14-15H,5-6,13H2,(H,25,31)(H2,26,27,28)/q+1. The predicted octanol–water partition coefficient (Wildman–Crippen LogP) is 4.17. The minimum Gasteiger partial charge on any atom is -0.326 e. The largest absolute Gasteiger partial charge is 0.326 e. The number of H-pyrrole nitrogens is 1. The number of benzene rings is 2. The number of hydrogen-bond acceptors (Lipinski definition) is 7. The van der Waals surface area contributed by atoms with Crippen molar-refractivity contribution < 1.29 is 4.79 Å². The molecule has 1 fully saturated rings. The Kier molecular flexibility index (Phi) is 4.70. The van der Waals surface area contributed by atoms with Gasteiger partial charge in [-0.05, 0) is 66.1 Å². The van der Waals surface area contributed by atoms with E-state index in [4.69, 9.17) is 0 Å². The molecule has 2 aliphatic heterocycles. The molecular formula is C23H21N7OS+. The average Bonchev–Trinajstić information content (AvgIpc) is 3.43. The first-order valence-corrected chi connectivity index (χ1v) is 11.3. The highest BCUT2D eigenvalue weighted by molar-refractivity contribution is 7.97. The Morgan fingerprint density at radius 2 is 2.00 bits per heavy atom. The van der Waals surface area contributed by atoms with Crippen molar-refractivity contribution >= 4 is 46.1 Å². The van der Waals surface area contributed by atoms with Gasteiger partial charge in [0.2, 0.25) is 5.91 Å². The molecule has 6 rings (SSSR count). The number of aromatic amines is 1. The van der Waals surface area contributed by atoms with Gasteiger partial charge < -0.3 is 5.32 Å². The smallest absolute Gasteiger partial charge is 0.285 e. The molecule has 0 bridgehead atoms. The van der Waals surface area contributed by atoms with E-state index in [9.17, 15) is 4.79 Å². The Hall–Kier alpha value is -3.56. The van der Waals surface area contributed by atoms with Crippen LogP contribution in [0.1, 0.15) is 12.8 Å². The summed E-state index contributed by atoms with van der Waals surface area (Å²) in [6.07, 6.45) is 7.81. The van der Waals surface area contributed by atoms with Crippen LogP contribution >= 0.6 is 11.9 Å². The number of fused-ring (bicyclic) bond motifs is 2. The highest BCUT2D eigenvalue weighted by Gasteiger charge is 2.37. The highest BCUT2D eigenvalue weighted by atomic mass is 32.2. The molecule has 8 nitrogen and oxygen atoms in total. The average molecular weight is 444 g/mol. The molecule has 2 aromatic carbocycles. The molecule has 0 atom stereocenters. The zero-order valence-corrected chi connectivity index (χ0v) is 18.0. The summed E-state index contributed by atoms with van der Waals surface area (Å²) in [4.78, 5) is 19.6. The zero-order valence-electron chi connectivity index (χ0n) is 17.2. The molecule has 3 aliphatic rings. The maximum atomic E-state index is 12.0. The van der Waals surface area contributed by atoms with Crippen molar-refractivity contribution in [3.63, 3.8) is 0 Å². The number of amides is 1. The number of amidine groups is 1. The maximum absolute atomic E-state index is 12.0. The molecule has 0 saturated heterocycles. The van der Waals surface area contributed by atoms with Crippen LogP contribution in [-0.4, -0.2) is 32.8 Å². The number of carbonyl (C=O) groups is 1. The van der Waals surface area contributed by atoms with Crippen LogP contribution in [0, 0.1) is 5.92 Å². The van der Waals surface area contributed by atoms with Crippen molar-refractivity contribution in [3.05, 3.63) is 73.0 Å². The number of nitrogens with one attached hydrogen (secondary N) is 3. The van der Waals surface area contributed by atoms with E-state index in [1.54, 1.807) is 18.1 Å². The van der Waals surface area contributed by atoms with Gasteiger partial charge >= 0.3 is 0 Å². The van der Waals surface area contributed by atoms with Crippen LogP contribution in [0.2, 0.25) is 0 Å². The number of aliphatic imine (C=N–C) groups is 1. The molecule has 32 heavy (non-hydrogen) atoms. The number of anilines is 2. The van der Waals surface area contributed by atoms with E-state index in [1.807, 2.05) is 59.6 Å². The summed E-state index contributed by atoms with van der Waals surface area (Å²) >= 11 is 1.62. The normalized spacial score (nSPS) is 17.8. The summed E-state index contributed by atoms with van der Waals surface area (Å²) in [5.41, 5.74) is 1.82. The second kappa shape index (κ2) is 7.85. The van der Waals surface area contributed by atoms with Crippen molar-refractivity contribution in [3.8, 4) is 0 Å². The Labute approximate surface area is 189 Å². The van der Waals surface area contributed by atoms with E-state index in [-0.39, 0.29) is 11.8 Å². The van der Waals surface area contributed by atoms with Gasteiger partial charge in [-0.15, -0.1) is 0 Å². The summed E-state index contributed by atoms with van der Waals surface area (Å²) in [6, 6.07) is 16.0. The second-order valence-electron chi connectivity index (χ2n) is 7.92. The van der Waals surface area contributed by atoms with Gasteiger partial charge in [-0.1, -0.05) is 12.1 Å². The Morgan fingerprint density at radius 3 is 2.84 bits per heavy atom. The number of para-hydroxylation sites is 1. The number of nitrogens with zero attached hydrogens (tertiary/aromatic N) is 4. The predicted molar refractivity (Wildman–Crippen MR) is 127 cm³/mol. The van der Waals surface area contributed by atoms with Crippen LogP contribution in [0.5, 0.6) is 0 Å². The molecule has 9 heteroatoms. The Balaban J connectivity index is 1.20. The van der Waals surface area contributed by atoms with E-state index in [0.717, 1.165) is 51.8 Å². The number of aromatic nitrogens is 2. The van der Waals surface area contributed by atoms with Crippen LogP contribution in [-0.2, 0) is 4.79 Å². The molecule has 3 N–H and O–H groups in total. The molecule has 1 aliphatic carbocycles. The third-order valence-electron chi connectivity index (χ3n) is 5.55. The molecule has 1 aromatic heterocycles. The van der Waals surface area contributed by atoms with Gasteiger partial charge in [-0.25, -0.2) is 0 Å². The van der Waals surface area contributed by atoms with Crippen LogP contribution in [0.25, 0.3) is 10.9 Å². The van der Waals surface area contributed by atoms with Gasteiger partial charge in [0.25, 0.3) is 11.7 Å². The topological polar surface area (TPSA) is 91.3 Å². The minimum atomic E-state index is 0.123. The van der Waals surface area contributed by atoms with Crippen LogP contribution in [0.4, 0.5) is 11.5 Å². The van der Waals surface area contributed by atoms with Crippen molar-refractivity contribution in [1.29, 1.82) is 0 Å². The van der Waals surface area contributed by atoms with E-state index in [1.165, 1.54) is 0 Å². The van der Waals surface area contributed by atoms with Crippen molar-refractivity contribution in [2.45, 2.75) is 17.7 Å². The lowest BCUT2D eigenvalue weighted by atomic mass is 10.2. The SMILES string of the molecule is O=C(Nc1ccc(SN2C=C(Nc3n[nH]c4ccccc34)[N+]3C=CN=C3C2)cc1)C1CC1. The van der Waals surface area contributed by atoms with Gasteiger partial charge in [0.15, 0.2) is 12.0 Å². The first-order valence-electron chi connectivity index (χ1n) is 10.5. The second-order valence-corrected chi connectivity index (χ2v) is 9.05. The summed E-state index contributed by atoms with van der Waals surface area (Å²) in [7, 11) is 0. The summed E-state index contributed by atoms with van der Waals surface area (Å²) < 4.78 is 2.14. The van der Waals surface area contributed by atoms with Crippen molar-refractivity contribution in [2.75, 3.05) is 17.2 Å². The molecule has 0 unspecified atom stereocenters. The zero-order chi connectivity index (χ0) is 21.5. The summed E-state index contributed by atoms with van der Waals surface area (Å²) in [5, 5.41) is 15.0. The van der Waals surface area contributed by atoms with E-state index in [2.05, 4.69) is 36.3 Å². The summed E-state index contributed by atoms with van der Waals surface area (Å²) in [5.74, 6) is 2.91. The Bertz CT molecular complexity index is 1270. The van der Waals surface area contributed by atoms with Gasteiger partial charge in [-0.3, -0.25) is 19.5 Å². The van der Waals surface area contributed by atoms with Crippen LogP contribution in [0.3, 0.4) is 0 Å². The first kappa shape index (κ1) is 19.1. The van der Waals surface area contributed by atoms with Crippen molar-refractivity contribution in [1.82, 2.24) is 19.4 Å². The van der Waals surface area contributed by atoms with E-state index in [0.29, 0.717) is 6.54 Å². The third kappa shape index (κ3) is 3.76. The van der Waals surface area contributed by atoms with Crippen LogP contribution < -0.4 is 15.5 Å². The monoisotopic (exact) mass is 443 g/mol. The number of hydrogen-bond donors (Lipinski definition) is 3. The van der Waals surface area contributed by atoms with E-state index >= 15 is 0 Å². The molecule has 159 valence electrons. The number of carbonyl (C=O) groups excluding carboxylic acids is 1. The third-order valence-corrected chi connectivity index (χ3v) is 6.50. The van der Waals surface area contributed by atoms with E-state index < -0.39 is 0 Å². The van der Waals surface area contributed by atoms with Crippen molar-refractivity contribution in [2.24, 2.45) is 10.9 Å². The lowest BCUT2D eigenvalue weighted by Gasteiger charge is -2.24. The van der Waals surface area contributed by atoms with Gasteiger partial charge in [0.1, 0.15) is 6.54 Å². The lowest BCUT2D eigenvalue weighted by Crippen LogP contribution is -2.42. The molecule has 1 radical (unpaired) electrons. The quantitative estimate of drug-likeness (QED) is 0.393. The summed E-state index contributed by atoms with van der Waals surface area (Å²) in [6.45, 7) is 0.671. The fraction of sp³-hybridized carbons (Fsp3) is 0.174.